The maximum atomic E-state index is 10.6. The molecule has 5 nitrogen and oxygen atoms in total. The molecule has 0 unspecified atom stereocenters. The average Bonchev–Trinajstić information content (AvgIpc) is 2.68. The fourth-order valence-corrected chi connectivity index (χ4v) is 1.51. The number of fused-ring (bicyclic) bond motifs is 1. The van der Waals surface area contributed by atoms with Crippen molar-refractivity contribution in [2.75, 3.05) is 5.88 Å². The lowest BCUT2D eigenvalue weighted by molar-refractivity contribution is -0.384. The lowest BCUT2D eigenvalue weighted by Crippen LogP contribution is -1.86. The highest BCUT2D eigenvalue weighted by Crippen LogP contribution is 2.22. The molecular weight excluding hydrogens is 230 g/mol. The zero-order valence-electron chi connectivity index (χ0n) is 8.18. The number of nitrogens with one attached hydrogen (secondary N) is 1. The summed E-state index contributed by atoms with van der Waals surface area (Å²) in [5.74, 6) is 0.404. The van der Waals surface area contributed by atoms with E-state index in [1.807, 2.05) is 0 Å². The van der Waals surface area contributed by atoms with Crippen molar-refractivity contribution in [1.29, 1.82) is 0 Å². The smallest absolute Gasteiger partial charge is 0.271 e. The summed E-state index contributed by atoms with van der Waals surface area (Å²) in [4.78, 5) is 10.1. The van der Waals surface area contributed by atoms with Crippen LogP contribution in [0, 0.1) is 10.1 Å². The van der Waals surface area contributed by atoms with E-state index in [1.165, 1.54) is 12.1 Å². The molecule has 1 N–H and O–H groups in total. The lowest BCUT2D eigenvalue weighted by atomic mass is 10.2. The van der Waals surface area contributed by atoms with Gasteiger partial charge in [0.2, 0.25) is 0 Å². The Bertz CT molecular complexity index is 562. The Morgan fingerprint density at radius 2 is 2.38 bits per heavy atom. The van der Waals surface area contributed by atoms with Gasteiger partial charge in [0.05, 0.1) is 16.1 Å². The molecule has 0 radical (unpaired) electrons. The fourth-order valence-electron chi connectivity index (χ4n) is 1.43. The van der Waals surface area contributed by atoms with Crippen molar-refractivity contribution in [3.05, 3.63) is 40.1 Å². The summed E-state index contributed by atoms with van der Waals surface area (Å²) in [5, 5.41) is 18.2. The van der Waals surface area contributed by atoms with Crippen molar-refractivity contribution in [2.24, 2.45) is 0 Å². The standard InChI is InChI=1S/C10H8ClN3O2/c11-5-1-2-9-8-4-3-7(14(15)16)6-10(8)13-12-9/h1-4,6H,5H2,(H,12,13). The Hall–Kier alpha value is -1.88. The Balaban J connectivity index is 2.50. The van der Waals surface area contributed by atoms with Crippen LogP contribution in [-0.4, -0.2) is 21.0 Å². The number of hydrogen-bond acceptors (Lipinski definition) is 3. The van der Waals surface area contributed by atoms with Crippen LogP contribution in [0.3, 0.4) is 0 Å². The largest absolute Gasteiger partial charge is 0.277 e. The molecule has 0 amide bonds. The van der Waals surface area contributed by atoms with Crippen molar-refractivity contribution in [2.45, 2.75) is 0 Å². The third-order valence-corrected chi connectivity index (χ3v) is 2.33. The van der Waals surface area contributed by atoms with Crippen LogP contribution in [0.2, 0.25) is 0 Å². The van der Waals surface area contributed by atoms with E-state index in [2.05, 4.69) is 10.2 Å². The molecule has 1 heterocycles. The molecule has 2 rings (SSSR count). The number of H-pyrrole nitrogens is 1. The van der Waals surface area contributed by atoms with Crippen molar-refractivity contribution < 1.29 is 4.92 Å². The molecule has 1 aromatic heterocycles. The van der Waals surface area contributed by atoms with Gasteiger partial charge in [0.15, 0.2) is 0 Å². The van der Waals surface area contributed by atoms with Gasteiger partial charge in [-0.25, -0.2) is 0 Å². The van der Waals surface area contributed by atoms with Gasteiger partial charge in [0, 0.05) is 23.4 Å². The van der Waals surface area contributed by atoms with E-state index in [-0.39, 0.29) is 5.69 Å². The Morgan fingerprint density at radius 1 is 1.56 bits per heavy atom. The van der Waals surface area contributed by atoms with E-state index in [1.54, 1.807) is 18.2 Å². The molecule has 6 heteroatoms. The second kappa shape index (κ2) is 4.32. The number of allylic oxidation sites excluding steroid dienone is 1. The number of benzene rings is 1. The summed E-state index contributed by atoms with van der Waals surface area (Å²) in [6, 6.07) is 4.58. The lowest BCUT2D eigenvalue weighted by Gasteiger charge is -1.91. The molecule has 2 aromatic rings. The average molecular weight is 238 g/mol. The molecule has 0 saturated carbocycles. The van der Waals surface area contributed by atoms with Crippen LogP contribution < -0.4 is 0 Å². The number of alkyl halides is 1. The zero-order chi connectivity index (χ0) is 11.5. The van der Waals surface area contributed by atoms with Gasteiger partial charge in [-0.1, -0.05) is 6.08 Å². The normalized spacial score (nSPS) is 11.3. The molecular formula is C10H8ClN3O2. The number of nitrogens with zero attached hydrogens (tertiary/aromatic N) is 2. The van der Waals surface area contributed by atoms with Gasteiger partial charge in [-0.3, -0.25) is 15.2 Å². The molecule has 0 aliphatic heterocycles. The minimum absolute atomic E-state index is 0.0454. The Labute approximate surface area is 95.9 Å². The van der Waals surface area contributed by atoms with E-state index < -0.39 is 4.92 Å². The highest BCUT2D eigenvalue weighted by molar-refractivity contribution is 6.19. The number of hydrogen-bond donors (Lipinski definition) is 1. The summed E-state index contributed by atoms with van der Waals surface area (Å²) in [6.07, 6.45) is 3.54. The summed E-state index contributed by atoms with van der Waals surface area (Å²) in [7, 11) is 0. The first-order valence-corrected chi connectivity index (χ1v) is 5.11. The minimum atomic E-state index is -0.436. The maximum Gasteiger partial charge on any atom is 0.271 e. The summed E-state index contributed by atoms with van der Waals surface area (Å²) >= 11 is 5.52. The van der Waals surface area contributed by atoms with Gasteiger partial charge < -0.3 is 0 Å². The summed E-state index contributed by atoms with van der Waals surface area (Å²) < 4.78 is 0. The van der Waals surface area contributed by atoms with Crippen LogP contribution in [0.15, 0.2) is 24.3 Å². The van der Waals surface area contributed by atoms with Gasteiger partial charge in [-0.15, -0.1) is 11.6 Å². The second-order valence-electron chi connectivity index (χ2n) is 3.15. The van der Waals surface area contributed by atoms with Crippen LogP contribution in [0.25, 0.3) is 17.0 Å². The predicted molar refractivity (Wildman–Crippen MR) is 62.5 cm³/mol. The van der Waals surface area contributed by atoms with Crippen LogP contribution >= 0.6 is 11.6 Å². The van der Waals surface area contributed by atoms with E-state index >= 15 is 0 Å². The number of non-ortho nitro benzene ring substituents is 1. The third-order valence-electron chi connectivity index (χ3n) is 2.15. The van der Waals surface area contributed by atoms with Crippen LogP contribution in [0.4, 0.5) is 5.69 Å². The maximum absolute atomic E-state index is 10.6. The number of aromatic nitrogens is 2. The first kappa shape index (κ1) is 10.6. The quantitative estimate of drug-likeness (QED) is 0.507. The molecule has 1 aromatic carbocycles. The number of rotatable bonds is 3. The number of nitro benzene ring substituents is 1. The number of halogens is 1. The van der Waals surface area contributed by atoms with Gasteiger partial charge in [0.1, 0.15) is 0 Å². The van der Waals surface area contributed by atoms with Gasteiger partial charge in [-0.05, 0) is 12.1 Å². The topological polar surface area (TPSA) is 71.8 Å². The minimum Gasteiger partial charge on any atom is -0.277 e. The molecule has 82 valence electrons. The molecule has 0 aliphatic rings. The van der Waals surface area contributed by atoms with E-state index in [0.29, 0.717) is 11.4 Å². The van der Waals surface area contributed by atoms with Gasteiger partial charge >= 0.3 is 0 Å². The van der Waals surface area contributed by atoms with Gasteiger partial charge in [-0.2, -0.15) is 5.10 Å². The van der Waals surface area contributed by atoms with Crippen LogP contribution in [-0.2, 0) is 0 Å². The highest BCUT2D eigenvalue weighted by Gasteiger charge is 2.09. The number of aromatic amines is 1. The van der Waals surface area contributed by atoms with E-state index in [4.69, 9.17) is 11.6 Å². The van der Waals surface area contributed by atoms with Crippen molar-refractivity contribution in [3.8, 4) is 0 Å². The van der Waals surface area contributed by atoms with E-state index in [9.17, 15) is 10.1 Å². The predicted octanol–water partition coefficient (Wildman–Crippen LogP) is 2.72. The Morgan fingerprint density at radius 3 is 3.06 bits per heavy atom. The first-order valence-electron chi connectivity index (χ1n) is 4.57. The zero-order valence-corrected chi connectivity index (χ0v) is 8.94. The molecule has 0 fully saturated rings. The molecule has 0 spiro atoms. The fraction of sp³-hybridized carbons (Fsp3) is 0.100. The second-order valence-corrected chi connectivity index (χ2v) is 3.46. The van der Waals surface area contributed by atoms with Crippen LogP contribution in [0.1, 0.15) is 5.69 Å². The monoisotopic (exact) mass is 237 g/mol. The van der Waals surface area contributed by atoms with E-state index in [0.717, 1.165) is 11.1 Å². The SMILES string of the molecule is O=[N+]([O-])c1ccc2c(C=CCCl)n[nH]c2c1. The molecule has 0 saturated heterocycles. The molecule has 0 atom stereocenters. The first-order chi connectivity index (χ1) is 7.72. The van der Waals surface area contributed by atoms with Crippen molar-refractivity contribution in [3.63, 3.8) is 0 Å². The Kier molecular flexibility index (Phi) is 2.87. The number of nitro groups is 1. The van der Waals surface area contributed by atoms with Gasteiger partial charge in [0.25, 0.3) is 5.69 Å². The van der Waals surface area contributed by atoms with Crippen molar-refractivity contribution >= 4 is 34.3 Å². The molecule has 16 heavy (non-hydrogen) atoms. The highest BCUT2D eigenvalue weighted by atomic mass is 35.5. The third kappa shape index (κ3) is 1.90. The van der Waals surface area contributed by atoms with Crippen molar-refractivity contribution in [1.82, 2.24) is 10.2 Å². The van der Waals surface area contributed by atoms with Crippen LogP contribution in [0.5, 0.6) is 0 Å². The summed E-state index contributed by atoms with van der Waals surface area (Å²) in [5.41, 5.74) is 1.41. The summed E-state index contributed by atoms with van der Waals surface area (Å²) in [6.45, 7) is 0. The molecule has 0 aliphatic carbocycles. The molecule has 0 bridgehead atoms.